The van der Waals surface area contributed by atoms with E-state index in [0.717, 1.165) is 41.6 Å². The molecule has 2 aromatic rings. The molecule has 1 amide bonds. The fourth-order valence-electron chi connectivity index (χ4n) is 2.86. The third-order valence-corrected chi connectivity index (χ3v) is 4.96. The molecule has 0 radical (unpaired) electrons. The molecule has 6 heteroatoms. The van der Waals surface area contributed by atoms with Crippen LogP contribution in [0.3, 0.4) is 0 Å². The molecular formula is C17H24N4OS. The molecule has 3 heterocycles. The Bertz CT molecular complexity index is 710. The average Bonchev–Trinajstić information content (AvgIpc) is 3.04. The van der Waals surface area contributed by atoms with Crippen LogP contribution < -0.4 is 5.32 Å². The Hall–Kier alpha value is -1.69. The van der Waals surface area contributed by atoms with Crippen LogP contribution in [-0.4, -0.2) is 26.5 Å². The topological polar surface area (TPSA) is 59.8 Å². The van der Waals surface area contributed by atoms with Crippen molar-refractivity contribution in [2.24, 2.45) is 0 Å². The van der Waals surface area contributed by atoms with Gasteiger partial charge in [-0.05, 0) is 13.3 Å². The molecule has 1 aliphatic heterocycles. The Labute approximate surface area is 141 Å². The van der Waals surface area contributed by atoms with Gasteiger partial charge in [-0.25, -0.2) is 9.97 Å². The number of hydrogen-bond donors (Lipinski definition) is 1. The van der Waals surface area contributed by atoms with Crippen molar-refractivity contribution < 1.29 is 4.79 Å². The molecular weight excluding hydrogens is 308 g/mol. The number of aromatic nitrogens is 3. The number of imidazole rings is 1. The van der Waals surface area contributed by atoms with Crippen molar-refractivity contribution in [1.82, 2.24) is 19.9 Å². The molecule has 2 aromatic heterocycles. The van der Waals surface area contributed by atoms with Crippen LogP contribution in [0.4, 0.5) is 0 Å². The number of carbonyl (C=O) groups is 1. The quantitative estimate of drug-likeness (QED) is 0.940. The Morgan fingerprint density at radius 1 is 1.43 bits per heavy atom. The summed E-state index contributed by atoms with van der Waals surface area (Å²) in [6.45, 7) is 9.30. The van der Waals surface area contributed by atoms with E-state index in [4.69, 9.17) is 4.98 Å². The lowest BCUT2D eigenvalue weighted by atomic mass is 9.93. The molecule has 1 unspecified atom stereocenters. The maximum absolute atomic E-state index is 12.2. The van der Waals surface area contributed by atoms with Gasteiger partial charge in [0.05, 0.1) is 22.8 Å². The molecule has 3 rings (SSSR count). The normalized spacial score (nSPS) is 17.8. The molecule has 0 saturated heterocycles. The van der Waals surface area contributed by atoms with E-state index in [1.54, 1.807) is 11.3 Å². The Kier molecular flexibility index (Phi) is 4.27. The number of thiazole rings is 1. The van der Waals surface area contributed by atoms with Crippen molar-refractivity contribution >= 4 is 17.2 Å². The third kappa shape index (κ3) is 3.80. The highest BCUT2D eigenvalue weighted by Crippen LogP contribution is 2.24. The SMILES string of the molecule is Cc1nc(CC(=O)NC2CCc3nc(C(C)(C)C)cn3C2)cs1. The molecule has 0 saturated carbocycles. The van der Waals surface area contributed by atoms with Gasteiger partial charge in [0, 0.05) is 36.0 Å². The van der Waals surface area contributed by atoms with Gasteiger partial charge >= 0.3 is 0 Å². The number of nitrogens with zero attached hydrogens (tertiary/aromatic N) is 3. The van der Waals surface area contributed by atoms with Crippen molar-refractivity contribution in [3.05, 3.63) is 33.8 Å². The standard InChI is InChI=1S/C17H24N4OS/c1-11-18-13(10-23-11)7-16(22)19-12-5-6-15-20-14(17(2,3)4)9-21(15)8-12/h9-10,12H,5-8H2,1-4H3,(H,19,22). The first kappa shape index (κ1) is 16.2. The van der Waals surface area contributed by atoms with Crippen LogP contribution in [0.15, 0.2) is 11.6 Å². The minimum Gasteiger partial charge on any atom is -0.351 e. The van der Waals surface area contributed by atoms with E-state index >= 15 is 0 Å². The number of fused-ring (bicyclic) bond motifs is 1. The predicted molar refractivity (Wildman–Crippen MR) is 91.7 cm³/mol. The van der Waals surface area contributed by atoms with E-state index in [-0.39, 0.29) is 17.4 Å². The number of amides is 1. The minimum atomic E-state index is 0.0555. The zero-order valence-electron chi connectivity index (χ0n) is 14.2. The van der Waals surface area contributed by atoms with Gasteiger partial charge in [0.25, 0.3) is 0 Å². The van der Waals surface area contributed by atoms with E-state index in [1.807, 2.05) is 12.3 Å². The molecule has 0 aliphatic carbocycles. The second kappa shape index (κ2) is 6.07. The predicted octanol–water partition coefficient (Wildman–Crippen LogP) is 2.62. The highest BCUT2D eigenvalue weighted by atomic mass is 32.1. The lowest BCUT2D eigenvalue weighted by Gasteiger charge is -2.24. The molecule has 1 aliphatic rings. The Morgan fingerprint density at radius 3 is 2.87 bits per heavy atom. The smallest absolute Gasteiger partial charge is 0.226 e. The van der Waals surface area contributed by atoms with E-state index in [2.05, 4.69) is 41.8 Å². The number of rotatable bonds is 3. The molecule has 0 bridgehead atoms. The summed E-state index contributed by atoms with van der Waals surface area (Å²) < 4.78 is 2.20. The highest BCUT2D eigenvalue weighted by Gasteiger charge is 2.25. The van der Waals surface area contributed by atoms with Crippen molar-refractivity contribution in [2.75, 3.05) is 0 Å². The molecule has 5 nitrogen and oxygen atoms in total. The van der Waals surface area contributed by atoms with Crippen LogP contribution in [0.1, 0.15) is 49.4 Å². The van der Waals surface area contributed by atoms with Gasteiger partial charge < -0.3 is 9.88 Å². The summed E-state index contributed by atoms with van der Waals surface area (Å²) in [6.07, 6.45) is 4.36. The largest absolute Gasteiger partial charge is 0.351 e. The van der Waals surface area contributed by atoms with E-state index in [0.29, 0.717) is 6.42 Å². The lowest BCUT2D eigenvalue weighted by Crippen LogP contribution is -2.41. The first-order valence-electron chi connectivity index (χ1n) is 8.08. The maximum atomic E-state index is 12.2. The number of nitrogens with one attached hydrogen (secondary N) is 1. The Balaban J connectivity index is 1.61. The van der Waals surface area contributed by atoms with E-state index in [1.165, 1.54) is 0 Å². The van der Waals surface area contributed by atoms with Gasteiger partial charge in [-0.15, -0.1) is 11.3 Å². The van der Waals surface area contributed by atoms with Gasteiger partial charge in [0.1, 0.15) is 5.82 Å². The summed E-state index contributed by atoms with van der Waals surface area (Å²) in [6, 6.07) is 0.178. The zero-order valence-corrected chi connectivity index (χ0v) is 15.0. The highest BCUT2D eigenvalue weighted by molar-refractivity contribution is 7.09. The number of hydrogen-bond acceptors (Lipinski definition) is 4. The molecule has 0 spiro atoms. The van der Waals surface area contributed by atoms with Crippen LogP contribution in [0.2, 0.25) is 0 Å². The summed E-state index contributed by atoms with van der Waals surface area (Å²) in [7, 11) is 0. The van der Waals surface area contributed by atoms with Crippen molar-refractivity contribution in [1.29, 1.82) is 0 Å². The van der Waals surface area contributed by atoms with Gasteiger partial charge in [-0.1, -0.05) is 20.8 Å². The second-order valence-corrected chi connectivity index (χ2v) is 8.34. The van der Waals surface area contributed by atoms with E-state index < -0.39 is 0 Å². The fourth-order valence-corrected chi connectivity index (χ4v) is 3.47. The van der Waals surface area contributed by atoms with Crippen LogP contribution in [0, 0.1) is 6.92 Å². The third-order valence-electron chi connectivity index (χ3n) is 4.13. The van der Waals surface area contributed by atoms with Gasteiger partial charge in [0.15, 0.2) is 0 Å². The molecule has 1 atom stereocenters. The molecule has 124 valence electrons. The van der Waals surface area contributed by atoms with Crippen LogP contribution >= 0.6 is 11.3 Å². The van der Waals surface area contributed by atoms with Crippen molar-refractivity contribution in [3.8, 4) is 0 Å². The first-order valence-corrected chi connectivity index (χ1v) is 8.96. The Morgan fingerprint density at radius 2 is 2.22 bits per heavy atom. The monoisotopic (exact) mass is 332 g/mol. The van der Waals surface area contributed by atoms with Crippen LogP contribution in [0.25, 0.3) is 0 Å². The van der Waals surface area contributed by atoms with Gasteiger partial charge in [-0.2, -0.15) is 0 Å². The van der Waals surface area contributed by atoms with E-state index in [9.17, 15) is 4.79 Å². The fraction of sp³-hybridized carbons (Fsp3) is 0.588. The maximum Gasteiger partial charge on any atom is 0.226 e. The molecule has 0 aromatic carbocycles. The number of carbonyl (C=O) groups excluding carboxylic acids is 1. The zero-order chi connectivity index (χ0) is 16.6. The summed E-state index contributed by atoms with van der Waals surface area (Å²) in [5, 5.41) is 6.10. The van der Waals surface area contributed by atoms with Crippen molar-refractivity contribution in [2.45, 2.75) is 65.0 Å². The van der Waals surface area contributed by atoms with Gasteiger partial charge in [0.2, 0.25) is 5.91 Å². The summed E-state index contributed by atoms with van der Waals surface area (Å²) in [5.41, 5.74) is 2.04. The second-order valence-electron chi connectivity index (χ2n) is 7.28. The van der Waals surface area contributed by atoms with Gasteiger partial charge in [-0.3, -0.25) is 4.79 Å². The molecule has 0 fully saturated rings. The summed E-state index contributed by atoms with van der Waals surface area (Å²) in [4.78, 5) is 21.3. The van der Waals surface area contributed by atoms with Crippen LogP contribution in [0.5, 0.6) is 0 Å². The minimum absolute atomic E-state index is 0.0555. The first-order chi connectivity index (χ1) is 10.8. The molecule has 23 heavy (non-hydrogen) atoms. The summed E-state index contributed by atoms with van der Waals surface area (Å²) in [5.74, 6) is 1.19. The molecule has 1 N–H and O–H groups in total. The van der Waals surface area contributed by atoms with Crippen LogP contribution in [-0.2, 0) is 29.6 Å². The summed E-state index contributed by atoms with van der Waals surface area (Å²) >= 11 is 1.58. The number of aryl methyl sites for hydroxylation is 2. The lowest BCUT2D eigenvalue weighted by molar-refractivity contribution is -0.121. The average molecular weight is 332 g/mol. The van der Waals surface area contributed by atoms with Crippen molar-refractivity contribution in [3.63, 3.8) is 0 Å².